The van der Waals surface area contributed by atoms with Gasteiger partial charge in [-0.1, -0.05) is 0 Å². The summed E-state index contributed by atoms with van der Waals surface area (Å²) in [5.74, 6) is -1.25. The molecule has 0 aromatic heterocycles. The molecule has 0 spiro atoms. The standard InChI is InChI=1S/C5H8ClNO3S.ClH/c6-3(5(9)10)1-11-2-4(7)8;/h3H,1-2H2,(H2,7,8)(H,9,10);1H/t3-;/m1./s1. The van der Waals surface area contributed by atoms with Crippen LogP contribution in [0.2, 0.25) is 0 Å². The zero-order chi connectivity index (χ0) is 8.85. The lowest BCUT2D eigenvalue weighted by atomic mass is 10.5. The van der Waals surface area contributed by atoms with E-state index in [1.54, 1.807) is 0 Å². The number of hydrogen-bond donors (Lipinski definition) is 2. The number of hydrogen-bond acceptors (Lipinski definition) is 3. The van der Waals surface area contributed by atoms with Gasteiger partial charge in [-0.2, -0.15) is 0 Å². The molecule has 0 aliphatic carbocycles. The lowest BCUT2D eigenvalue weighted by Crippen LogP contribution is -2.19. The van der Waals surface area contributed by atoms with Crippen LogP contribution in [0.4, 0.5) is 0 Å². The Kier molecular flexibility index (Phi) is 9.02. The van der Waals surface area contributed by atoms with Gasteiger partial charge in [-0.05, 0) is 0 Å². The van der Waals surface area contributed by atoms with E-state index in [9.17, 15) is 9.59 Å². The minimum absolute atomic E-state index is 0. The van der Waals surface area contributed by atoms with E-state index in [1.165, 1.54) is 0 Å². The molecular weight excluding hydrogens is 225 g/mol. The number of aliphatic carboxylic acids is 1. The highest BCUT2D eigenvalue weighted by Gasteiger charge is 2.13. The Morgan fingerprint density at radius 3 is 2.42 bits per heavy atom. The molecule has 3 N–H and O–H groups in total. The summed E-state index contributed by atoms with van der Waals surface area (Å²) in [7, 11) is 0. The van der Waals surface area contributed by atoms with Crippen molar-refractivity contribution in [2.45, 2.75) is 5.38 Å². The fourth-order valence-corrected chi connectivity index (χ4v) is 1.27. The highest BCUT2D eigenvalue weighted by molar-refractivity contribution is 8.00. The average molecular weight is 234 g/mol. The van der Waals surface area contributed by atoms with Gasteiger partial charge in [0, 0.05) is 5.75 Å². The van der Waals surface area contributed by atoms with Crippen molar-refractivity contribution in [3.8, 4) is 0 Å². The van der Waals surface area contributed by atoms with Crippen LogP contribution in [0.3, 0.4) is 0 Å². The molecule has 0 aromatic carbocycles. The predicted molar refractivity (Wildman–Crippen MR) is 51.0 cm³/mol. The van der Waals surface area contributed by atoms with Gasteiger partial charge in [-0.15, -0.1) is 35.8 Å². The van der Waals surface area contributed by atoms with Crippen molar-refractivity contribution in [1.82, 2.24) is 0 Å². The number of halogens is 2. The van der Waals surface area contributed by atoms with Gasteiger partial charge in [0.15, 0.2) is 0 Å². The summed E-state index contributed by atoms with van der Waals surface area (Å²) < 4.78 is 0. The topological polar surface area (TPSA) is 80.4 Å². The van der Waals surface area contributed by atoms with E-state index in [0.717, 1.165) is 11.8 Å². The molecule has 0 aromatic rings. The number of carbonyl (C=O) groups excluding carboxylic acids is 1. The molecule has 1 atom stereocenters. The van der Waals surface area contributed by atoms with Crippen LogP contribution < -0.4 is 5.73 Å². The van der Waals surface area contributed by atoms with Gasteiger partial charge in [0.05, 0.1) is 5.75 Å². The minimum atomic E-state index is -1.08. The molecule has 0 aliphatic heterocycles. The van der Waals surface area contributed by atoms with Gasteiger partial charge in [0.25, 0.3) is 0 Å². The van der Waals surface area contributed by atoms with Gasteiger partial charge >= 0.3 is 5.97 Å². The molecular formula is C5H9Cl2NO3S. The first kappa shape index (κ1) is 14.4. The maximum absolute atomic E-state index is 10.2. The van der Waals surface area contributed by atoms with Crippen molar-refractivity contribution in [1.29, 1.82) is 0 Å². The molecule has 4 nitrogen and oxygen atoms in total. The Labute approximate surface area is 85.2 Å². The maximum Gasteiger partial charge on any atom is 0.322 e. The Hall–Kier alpha value is -0.130. The minimum Gasteiger partial charge on any atom is -0.480 e. The summed E-state index contributed by atoms with van der Waals surface area (Å²) in [4.78, 5) is 20.3. The average Bonchev–Trinajstić information content (AvgIpc) is 1.86. The summed E-state index contributed by atoms with van der Waals surface area (Å²) in [5.41, 5.74) is 4.80. The van der Waals surface area contributed by atoms with Crippen molar-refractivity contribution in [3.63, 3.8) is 0 Å². The lowest BCUT2D eigenvalue weighted by molar-refractivity contribution is -0.136. The SMILES string of the molecule is Cl.NC(=O)CSC[C@@H](Cl)C(=O)O. The predicted octanol–water partition coefficient (Wildman–Crippen LogP) is 0.319. The smallest absolute Gasteiger partial charge is 0.322 e. The molecule has 12 heavy (non-hydrogen) atoms. The van der Waals surface area contributed by atoms with E-state index in [4.69, 9.17) is 22.4 Å². The van der Waals surface area contributed by atoms with Crippen LogP contribution in [-0.4, -0.2) is 33.9 Å². The van der Waals surface area contributed by atoms with Crippen LogP contribution in [0, 0.1) is 0 Å². The molecule has 0 bridgehead atoms. The van der Waals surface area contributed by atoms with E-state index in [1.807, 2.05) is 0 Å². The van der Waals surface area contributed by atoms with Crippen molar-refractivity contribution in [2.24, 2.45) is 5.73 Å². The molecule has 0 radical (unpaired) electrons. The van der Waals surface area contributed by atoms with Crippen molar-refractivity contribution < 1.29 is 14.7 Å². The van der Waals surface area contributed by atoms with Crippen LogP contribution in [-0.2, 0) is 9.59 Å². The molecule has 72 valence electrons. The second kappa shape index (κ2) is 7.52. The second-order valence-corrected chi connectivity index (χ2v) is 3.34. The Morgan fingerprint density at radius 2 is 2.08 bits per heavy atom. The van der Waals surface area contributed by atoms with Gasteiger partial charge < -0.3 is 10.8 Å². The van der Waals surface area contributed by atoms with Gasteiger partial charge in [-0.3, -0.25) is 9.59 Å². The van der Waals surface area contributed by atoms with Crippen LogP contribution >= 0.6 is 35.8 Å². The molecule has 0 saturated heterocycles. The van der Waals surface area contributed by atoms with Crippen molar-refractivity contribution in [3.05, 3.63) is 0 Å². The second-order valence-electron chi connectivity index (χ2n) is 1.79. The number of carboxylic acid groups (broad SMARTS) is 1. The fraction of sp³-hybridized carbons (Fsp3) is 0.600. The van der Waals surface area contributed by atoms with E-state index >= 15 is 0 Å². The van der Waals surface area contributed by atoms with Gasteiger partial charge in [-0.25, -0.2) is 0 Å². The van der Waals surface area contributed by atoms with E-state index in [2.05, 4.69) is 0 Å². The summed E-state index contributed by atoms with van der Waals surface area (Å²) in [6.07, 6.45) is 0. The van der Waals surface area contributed by atoms with Crippen LogP contribution in [0.1, 0.15) is 0 Å². The van der Waals surface area contributed by atoms with E-state index in [-0.39, 0.29) is 23.9 Å². The Morgan fingerprint density at radius 1 is 1.58 bits per heavy atom. The highest BCUT2D eigenvalue weighted by atomic mass is 35.5. The number of carboxylic acids is 1. The maximum atomic E-state index is 10.2. The molecule has 0 heterocycles. The Bertz CT molecular complexity index is 167. The number of primary amides is 1. The summed E-state index contributed by atoms with van der Waals surface area (Å²) in [5, 5.41) is 7.34. The monoisotopic (exact) mass is 233 g/mol. The molecule has 0 fully saturated rings. The zero-order valence-corrected chi connectivity index (χ0v) is 8.42. The molecule has 0 rings (SSSR count). The van der Waals surface area contributed by atoms with Crippen LogP contribution in [0.15, 0.2) is 0 Å². The third-order valence-electron chi connectivity index (χ3n) is 0.776. The van der Waals surface area contributed by atoms with Crippen LogP contribution in [0.5, 0.6) is 0 Å². The van der Waals surface area contributed by atoms with Gasteiger partial charge in [0.2, 0.25) is 5.91 Å². The normalized spacial score (nSPS) is 11.4. The first-order valence-electron chi connectivity index (χ1n) is 2.77. The van der Waals surface area contributed by atoms with E-state index in [0.29, 0.717) is 0 Å². The van der Waals surface area contributed by atoms with Crippen molar-refractivity contribution >= 4 is 47.6 Å². The summed E-state index contributed by atoms with van der Waals surface area (Å²) in [6.45, 7) is 0. The fourth-order valence-electron chi connectivity index (χ4n) is 0.334. The number of nitrogens with two attached hydrogens (primary N) is 1. The highest BCUT2D eigenvalue weighted by Crippen LogP contribution is 2.07. The van der Waals surface area contributed by atoms with Crippen LogP contribution in [0.25, 0.3) is 0 Å². The number of carbonyl (C=O) groups is 2. The molecule has 0 unspecified atom stereocenters. The number of alkyl halides is 1. The molecule has 7 heteroatoms. The first-order chi connectivity index (χ1) is 5.04. The van der Waals surface area contributed by atoms with E-state index < -0.39 is 17.3 Å². The number of amides is 1. The largest absolute Gasteiger partial charge is 0.480 e. The Balaban J connectivity index is 0. The van der Waals surface area contributed by atoms with Crippen molar-refractivity contribution in [2.75, 3.05) is 11.5 Å². The molecule has 0 aliphatic rings. The third kappa shape index (κ3) is 7.97. The zero-order valence-electron chi connectivity index (χ0n) is 6.03. The summed E-state index contributed by atoms with van der Waals surface area (Å²) >= 11 is 6.44. The summed E-state index contributed by atoms with van der Waals surface area (Å²) in [6, 6.07) is 0. The molecule has 1 amide bonds. The first-order valence-corrected chi connectivity index (χ1v) is 4.36. The number of rotatable bonds is 5. The van der Waals surface area contributed by atoms with Gasteiger partial charge in [0.1, 0.15) is 5.38 Å². The number of thioether (sulfide) groups is 1. The molecule has 0 saturated carbocycles. The quantitative estimate of drug-likeness (QED) is 0.671. The third-order valence-corrected chi connectivity index (χ3v) is 2.36. The lowest BCUT2D eigenvalue weighted by Gasteiger charge is -2.00.